The number of carbonyl (C=O) groups excluding carboxylic acids is 1. The van der Waals surface area contributed by atoms with Gasteiger partial charge in [-0.05, 0) is 44.2 Å². The van der Waals surface area contributed by atoms with Crippen molar-refractivity contribution in [2.24, 2.45) is 0 Å². The first-order valence-corrected chi connectivity index (χ1v) is 8.94. The number of benzene rings is 1. The molecule has 0 spiro atoms. The van der Waals surface area contributed by atoms with Crippen LogP contribution >= 0.6 is 11.6 Å². The first kappa shape index (κ1) is 20.5. The van der Waals surface area contributed by atoms with E-state index < -0.39 is 11.5 Å². The summed E-state index contributed by atoms with van der Waals surface area (Å²) in [6.45, 7) is 3.90. The number of ether oxygens (including phenoxy) is 1. The van der Waals surface area contributed by atoms with Crippen LogP contribution in [0.3, 0.4) is 0 Å². The molecule has 0 aliphatic carbocycles. The Morgan fingerprint density at radius 1 is 1.17 bits per heavy atom. The van der Waals surface area contributed by atoms with Gasteiger partial charge in [-0.2, -0.15) is 5.10 Å². The number of alkyl halides is 3. The number of carbonyl (C=O) groups is 1. The maximum atomic E-state index is 12.6. The van der Waals surface area contributed by atoms with Gasteiger partial charge in [-0.15, -0.1) is 8.78 Å². The Kier molecular flexibility index (Phi) is 5.69. The van der Waals surface area contributed by atoms with Gasteiger partial charge in [0.25, 0.3) is 11.5 Å². The molecule has 0 bridgehead atoms. The molecule has 0 radical (unpaired) electrons. The monoisotopic (exact) mass is 422 g/mol. The molecule has 0 aliphatic rings. The van der Waals surface area contributed by atoms with Gasteiger partial charge >= 0.3 is 5.57 Å². The van der Waals surface area contributed by atoms with Crippen LogP contribution in [0.2, 0.25) is 0 Å². The summed E-state index contributed by atoms with van der Waals surface area (Å²) in [5, 5.41) is 6.81. The molecule has 0 fully saturated rings. The lowest BCUT2D eigenvalue weighted by atomic mass is 10.2. The van der Waals surface area contributed by atoms with Gasteiger partial charge in [0.1, 0.15) is 5.75 Å². The van der Waals surface area contributed by atoms with Gasteiger partial charge in [-0.1, -0.05) is 0 Å². The topological polar surface area (TPSA) is 78.1 Å². The quantitative estimate of drug-likeness (QED) is 0.608. The molecule has 152 valence electrons. The van der Waals surface area contributed by atoms with Crippen molar-refractivity contribution in [3.8, 4) is 11.4 Å². The van der Waals surface area contributed by atoms with Crippen molar-refractivity contribution >= 4 is 23.2 Å². The summed E-state index contributed by atoms with van der Waals surface area (Å²) in [5.74, 6) is -0.634. The molecular formula is C19H17ClF2N4O3. The maximum absolute atomic E-state index is 12.6. The lowest BCUT2D eigenvalue weighted by molar-refractivity contribution is -0.0964. The minimum Gasteiger partial charge on any atom is -0.420 e. The molecule has 1 N–H and O–H groups in total. The highest BCUT2D eigenvalue weighted by atomic mass is 35.5. The Bertz CT molecular complexity index is 1070. The van der Waals surface area contributed by atoms with E-state index in [0.717, 1.165) is 0 Å². The highest BCUT2D eigenvalue weighted by Crippen LogP contribution is 2.26. The van der Waals surface area contributed by atoms with Crippen molar-refractivity contribution in [1.82, 2.24) is 14.3 Å². The zero-order valence-corrected chi connectivity index (χ0v) is 16.2. The second kappa shape index (κ2) is 8.04. The van der Waals surface area contributed by atoms with Crippen molar-refractivity contribution in [3.05, 3.63) is 70.9 Å². The van der Waals surface area contributed by atoms with Crippen LogP contribution in [0.5, 0.6) is 5.75 Å². The highest BCUT2D eigenvalue weighted by molar-refractivity contribution is 6.20. The molecule has 0 unspecified atom stereocenters. The number of amides is 1. The van der Waals surface area contributed by atoms with Crippen LogP contribution in [0, 0.1) is 0 Å². The number of pyridine rings is 1. The van der Waals surface area contributed by atoms with Crippen molar-refractivity contribution in [2.45, 2.75) is 25.5 Å². The van der Waals surface area contributed by atoms with E-state index in [4.69, 9.17) is 11.6 Å². The first-order valence-electron chi connectivity index (χ1n) is 8.57. The molecule has 1 amide bonds. The molecular weight excluding hydrogens is 406 g/mol. The van der Waals surface area contributed by atoms with Crippen LogP contribution in [0.4, 0.5) is 14.5 Å². The standard InChI is InChI=1S/C19H17ClF2N4O3/c1-12(2)26-11-15(9-23-26)25-10-13(3-8-17(25)27)18(28)24-14-4-6-16(7-5-14)29-19(20,21)22/h3-12H,1-2H3,(H,24,28). The van der Waals surface area contributed by atoms with Crippen LogP contribution in [0.25, 0.3) is 5.69 Å². The van der Waals surface area contributed by atoms with E-state index in [-0.39, 0.29) is 22.9 Å². The lowest BCUT2D eigenvalue weighted by Crippen LogP contribution is -2.20. The molecule has 1 aromatic carbocycles. The highest BCUT2D eigenvalue weighted by Gasteiger charge is 2.27. The van der Waals surface area contributed by atoms with E-state index >= 15 is 0 Å². The second-order valence-electron chi connectivity index (χ2n) is 6.42. The van der Waals surface area contributed by atoms with E-state index in [1.807, 2.05) is 13.8 Å². The first-order chi connectivity index (χ1) is 13.6. The van der Waals surface area contributed by atoms with Gasteiger partial charge < -0.3 is 10.1 Å². The average molecular weight is 423 g/mol. The number of nitrogens with zero attached hydrogens (tertiary/aromatic N) is 3. The Morgan fingerprint density at radius 3 is 2.45 bits per heavy atom. The smallest absolute Gasteiger partial charge is 0.420 e. The van der Waals surface area contributed by atoms with Gasteiger partial charge in [0.2, 0.25) is 0 Å². The molecule has 7 nitrogen and oxygen atoms in total. The third-order valence-electron chi connectivity index (χ3n) is 3.91. The van der Waals surface area contributed by atoms with Crippen molar-refractivity contribution < 1.29 is 18.3 Å². The maximum Gasteiger partial charge on any atom is 0.487 e. The Balaban J connectivity index is 1.78. The fourth-order valence-corrected chi connectivity index (χ4v) is 2.59. The van der Waals surface area contributed by atoms with Crippen molar-refractivity contribution in [1.29, 1.82) is 0 Å². The Hall–Kier alpha value is -3.20. The largest absolute Gasteiger partial charge is 0.487 e. The van der Waals surface area contributed by atoms with Crippen molar-refractivity contribution in [3.63, 3.8) is 0 Å². The number of anilines is 1. The van der Waals surface area contributed by atoms with Gasteiger partial charge in [-0.25, -0.2) is 0 Å². The Labute approximate surface area is 169 Å². The third-order valence-corrected chi connectivity index (χ3v) is 3.99. The summed E-state index contributed by atoms with van der Waals surface area (Å²) < 4.78 is 32.5. The van der Waals surface area contributed by atoms with Gasteiger partial charge in [0, 0.05) is 41.8 Å². The zero-order valence-electron chi connectivity index (χ0n) is 15.5. The average Bonchev–Trinajstić information content (AvgIpc) is 3.12. The van der Waals surface area contributed by atoms with E-state index in [0.29, 0.717) is 11.4 Å². The molecule has 0 aliphatic heterocycles. The third kappa shape index (κ3) is 5.20. The summed E-state index contributed by atoms with van der Waals surface area (Å²) in [7, 11) is 0. The zero-order chi connectivity index (χ0) is 21.2. The van der Waals surface area contributed by atoms with Crippen LogP contribution in [0.1, 0.15) is 30.2 Å². The molecule has 2 heterocycles. The summed E-state index contributed by atoms with van der Waals surface area (Å²) in [4.78, 5) is 24.7. The fraction of sp³-hybridized carbons (Fsp3) is 0.211. The molecule has 10 heteroatoms. The molecule has 3 rings (SSSR count). The minimum absolute atomic E-state index is 0.122. The summed E-state index contributed by atoms with van der Waals surface area (Å²) >= 11 is 4.71. The van der Waals surface area contributed by atoms with Crippen LogP contribution in [-0.2, 0) is 0 Å². The number of halogens is 3. The predicted octanol–water partition coefficient (Wildman–Crippen LogP) is 4.04. The van der Waals surface area contributed by atoms with E-state index in [2.05, 4.69) is 15.2 Å². The SMILES string of the molecule is CC(C)n1cc(-n2cc(C(=O)Nc3ccc(OC(F)(F)Cl)cc3)ccc2=O)cn1. The molecule has 0 atom stereocenters. The van der Waals surface area contributed by atoms with E-state index in [1.54, 1.807) is 10.9 Å². The molecule has 29 heavy (non-hydrogen) atoms. The Morgan fingerprint density at radius 2 is 1.86 bits per heavy atom. The molecule has 2 aromatic heterocycles. The molecule has 0 saturated heterocycles. The van der Waals surface area contributed by atoms with Crippen LogP contribution in [0.15, 0.2) is 59.8 Å². The fourth-order valence-electron chi connectivity index (χ4n) is 2.50. The molecule has 0 saturated carbocycles. The number of rotatable bonds is 6. The summed E-state index contributed by atoms with van der Waals surface area (Å²) in [5.41, 5.74) is -3.02. The van der Waals surface area contributed by atoms with Gasteiger partial charge in [0.05, 0.1) is 17.4 Å². The molecule has 3 aromatic rings. The van der Waals surface area contributed by atoms with Gasteiger partial charge in [0.15, 0.2) is 0 Å². The summed E-state index contributed by atoms with van der Waals surface area (Å²) in [6.07, 6.45) is 4.65. The second-order valence-corrected chi connectivity index (χ2v) is 6.86. The predicted molar refractivity (Wildman–Crippen MR) is 104 cm³/mol. The number of nitrogens with one attached hydrogen (secondary N) is 1. The van der Waals surface area contributed by atoms with E-state index in [1.165, 1.54) is 53.4 Å². The number of hydrogen-bond donors (Lipinski definition) is 1. The number of hydrogen-bond acceptors (Lipinski definition) is 4. The van der Waals surface area contributed by atoms with Gasteiger partial charge in [-0.3, -0.25) is 18.8 Å². The van der Waals surface area contributed by atoms with Crippen LogP contribution < -0.4 is 15.6 Å². The minimum atomic E-state index is -3.82. The lowest BCUT2D eigenvalue weighted by Gasteiger charge is -2.11. The normalized spacial score (nSPS) is 11.5. The number of aromatic nitrogens is 3. The van der Waals surface area contributed by atoms with Crippen molar-refractivity contribution in [2.75, 3.05) is 5.32 Å². The summed E-state index contributed by atoms with van der Waals surface area (Å²) in [6, 6.07) is 8.06. The van der Waals surface area contributed by atoms with Crippen LogP contribution in [-0.4, -0.2) is 25.8 Å². The van der Waals surface area contributed by atoms with E-state index in [9.17, 15) is 18.4 Å².